The SMILES string of the molecule is CC(C)C[C@H](NC(=O)C[C@H](O)[C@H](CC(C)C)NC(=O)[C@H](Cc1cncn1C)NC(=O)CNC(=O)[C@@H](NC(=O)[C@H](C)NC(=O)[C@H](Cc1c[nH]c2ccccc12)NC(=O)[C@H](CCC(N)=O)NC(=O)c1ccc([N+](C)(C)C)c(C#N)c1)C(C)C)C(N)=O. The number of nitriles is 1. The largest absolute Gasteiger partial charge is 0.390 e. The van der Waals surface area contributed by atoms with E-state index in [0.717, 1.165) is 10.9 Å². The van der Waals surface area contributed by atoms with E-state index in [2.05, 4.69) is 58.6 Å². The summed E-state index contributed by atoms with van der Waals surface area (Å²) in [4.78, 5) is 142. The highest BCUT2D eigenvalue weighted by Gasteiger charge is 2.34. The van der Waals surface area contributed by atoms with E-state index in [1.54, 1.807) is 43.8 Å². The molecule has 26 heteroatoms. The normalized spacial score (nSPS) is 14.4. The molecule has 26 nitrogen and oxygen atoms in total. The molecule has 456 valence electrons. The minimum atomic E-state index is -1.41. The molecule has 4 rings (SSSR count). The molecule has 0 unspecified atom stereocenters. The average molecular weight is 1170 g/mol. The van der Waals surface area contributed by atoms with Crippen LogP contribution in [0.4, 0.5) is 5.69 Å². The number of nitrogens with one attached hydrogen (secondary N) is 9. The molecule has 0 radical (unpaired) electrons. The first-order chi connectivity index (χ1) is 39.4. The number of H-pyrrole nitrogens is 1. The summed E-state index contributed by atoms with van der Waals surface area (Å²) in [6, 6.07) is 5.21. The maximum atomic E-state index is 14.3. The zero-order valence-electron chi connectivity index (χ0n) is 49.8. The van der Waals surface area contributed by atoms with Gasteiger partial charge in [-0.25, -0.2) is 4.98 Å². The van der Waals surface area contributed by atoms with Gasteiger partial charge in [0.05, 0.1) is 52.6 Å². The smallest absolute Gasteiger partial charge is 0.251 e. The van der Waals surface area contributed by atoms with Crippen LogP contribution < -0.4 is 58.5 Å². The zero-order chi connectivity index (χ0) is 62.7. The van der Waals surface area contributed by atoms with Crippen LogP contribution in [0.2, 0.25) is 0 Å². The van der Waals surface area contributed by atoms with Gasteiger partial charge in [-0.05, 0) is 67.7 Å². The number of aromatic amines is 1. The lowest BCUT2D eigenvalue weighted by atomic mass is 9.96. The molecule has 10 amide bonds. The molecule has 0 aliphatic heterocycles. The minimum Gasteiger partial charge on any atom is -0.390 e. The number of primary amides is 2. The van der Waals surface area contributed by atoms with E-state index >= 15 is 0 Å². The van der Waals surface area contributed by atoms with E-state index in [-0.39, 0.29) is 66.0 Å². The Bertz CT molecular complexity index is 3050. The first-order valence-corrected chi connectivity index (χ1v) is 27.9. The number of aliphatic hydroxyl groups excluding tert-OH is 1. The molecule has 0 saturated heterocycles. The molecule has 0 saturated carbocycles. The van der Waals surface area contributed by atoms with Crippen LogP contribution in [0.1, 0.15) is 108 Å². The molecule has 2 aromatic carbocycles. The van der Waals surface area contributed by atoms with Gasteiger partial charge in [0.25, 0.3) is 5.91 Å². The lowest BCUT2D eigenvalue weighted by molar-refractivity contribution is -0.134. The monoisotopic (exact) mass is 1170 g/mol. The van der Waals surface area contributed by atoms with Crippen molar-refractivity contribution in [2.45, 2.75) is 142 Å². The molecule has 4 aromatic rings. The van der Waals surface area contributed by atoms with Crippen LogP contribution in [-0.2, 0) is 63.0 Å². The number of carbonyl (C=O) groups is 10. The second kappa shape index (κ2) is 31.1. The summed E-state index contributed by atoms with van der Waals surface area (Å²) >= 11 is 0. The summed E-state index contributed by atoms with van der Waals surface area (Å²) in [7, 11) is 7.25. The number of para-hydroxylation sites is 1. The molecule has 0 aliphatic rings. The van der Waals surface area contributed by atoms with Gasteiger partial charge in [0, 0.05) is 66.9 Å². The summed E-state index contributed by atoms with van der Waals surface area (Å²) in [6.45, 7) is 11.4. The predicted octanol–water partition coefficient (Wildman–Crippen LogP) is -0.152. The van der Waals surface area contributed by atoms with E-state index in [9.17, 15) is 58.3 Å². The number of benzene rings is 2. The van der Waals surface area contributed by atoms with E-state index in [1.165, 1.54) is 31.6 Å². The maximum Gasteiger partial charge on any atom is 0.251 e. The van der Waals surface area contributed by atoms with Gasteiger partial charge in [-0.15, -0.1) is 0 Å². The highest BCUT2D eigenvalue weighted by atomic mass is 16.3. The van der Waals surface area contributed by atoms with Crippen molar-refractivity contribution < 1.29 is 53.1 Å². The van der Waals surface area contributed by atoms with Gasteiger partial charge in [0.1, 0.15) is 53.6 Å². The Morgan fingerprint density at radius 2 is 1.36 bits per heavy atom. The predicted molar refractivity (Wildman–Crippen MR) is 313 cm³/mol. The van der Waals surface area contributed by atoms with Gasteiger partial charge in [-0.1, -0.05) is 59.7 Å². The lowest BCUT2D eigenvalue weighted by Gasteiger charge is -2.28. The fraction of sp³-hybridized carbons (Fsp3) is 0.517. The molecular weight excluding hydrogens is 1080 g/mol. The zero-order valence-corrected chi connectivity index (χ0v) is 49.8. The molecule has 0 fully saturated rings. The van der Waals surface area contributed by atoms with Gasteiger partial charge in [-0.2, -0.15) is 5.26 Å². The first kappa shape index (κ1) is 67.8. The number of fused-ring (bicyclic) bond motifs is 1. The van der Waals surface area contributed by atoms with Crippen LogP contribution in [-0.4, -0.2) is 155 Å². The van der Waals surface area contributed by atoms with Gasteiger partial charge >= 0.3 is 0 Å². The number of quaternary nitrogens is 1. The molecular formula is C58H84N15O11+. The van der Waals surface area contributed by atoms with Crippen molar-refractivity contribution in [3.05, 3.63) is 83.6 Å². The van der Waals surface area contributed by atoms with Crippen molar-refractivity contribution in [3.8, 4) is 6.07 Å². The molecule has 0 spiro atoms. The summed E-state index contributed by atoms with van der Waals surface area (Å²) < 4.78 is 1.92. The van der Waals surface area contributed by atoms with Crippen LogP contribution in [0.15, 0.2) is 61.2 Å². The average Bonchev–Trinajstić information content (AvgIpc) is 4.05. The molecule has 84 heavy (non-hydrogen) atoms. The van der Waals surface area contributed by atoms with Crippen molar-refractivity contribution in [1.29, 1.82) is 5.26 Å². The van der Waals surface area contributed by atoms with Crippen LogP contribution in [0.3, 0.4) is 0 Å². The van der Waals surface area contributed by atoms with E-state index in [4.69, 9.17) is 11.5 Å². The Kier molecular flexibility index (Phi) is 25.1. The van der Waals surface area contributed by atoms with Crippen LogP contribution in [0.5, 0.6) is 0 Å². The van der Waals surface area contributed by atoms with Crippen LogP contribution >= 0.6 is 0 Å². The maximum absolute atomic E-state index is 14.3. The standard InChI is InChI=1S/C58H83N15O11/c1-31(2)20-42(47(74)25-49(76)66-43(52(61)78)21-32(3)4)69-57(83)45(24-38-28-62-30-72(38)8)67-50(77)29-64-58(84)51(33(5)6)71-53(79)34(7)65-56(82)44(23-37-27-63-40-15-13-12-14-39(37)40)70-55(81)41(17-19-48(60)75)68-54(80)35-16-18-46(73(9,10)11)36(22-35)26-59/h12-16,18,22,27-28,30-34,41-45,47,51,63,74H,17,19-21,23-25,29H2,1-11H3,(H11-,60,61,64,65,66,67,68,69,70,71,75,76,77,78,79,80,81,82,83,84)/p+1/t34-,41-,42-,43-,44-,45-,47-,51-/m0/s1. The first-order valence-electron chi connectivity index (χ1n) is 27.9. The highest BCUT2D eigenvalue weighted by molar-refractivity contribution is 6.00. The van der Waals surface area contributed by atoms with Gasteiger partial charge < -0.3 is 68.7 Å². The van der Waals surface area contributed by atoms with Crippen molar-refractivity contribution in [2.75, 3.05) is 27.7 Å². The number of nitrogens with two attached hydrogens (primary N) is 2. The van der Waals surface area contributed by atoms with Crippen molar-refractivity contribution in [3.63, 3.8) is 0 Å². The number of aryl methyl sites for hydroxylation is 1. The Balaban J connectivity index is 1.48. The van der Waals surface area contributed by atoms with E-state index < -0.39 is 126 Å². The van der Waals surface area contributed by atoms with Crippen molar-refractivity contribution in [2.24, 2.45) is 36.3 Å². The highest BCUT2D eigenvalue weighted by Crippen LogP contribution is 2.24. The van der Waals surface area contributed by atoms with Gasteiger partial charge in [0.15, 0.2) is 0 Å². The molecule has 14 N–H and O–H groups in total. The number of aliphatic hydroxyl groups is 1. The number of amides is 10. The minimum absolute atomic E-state index is 0.0301. The van der Waals surface area contributed by atoms with E-state index in [1.807, 2.05) is 67.0 Å². The molecule has 0 aliphatic carbocycles. The quantitative estimate of drug-likeness (QED) is 0.0284. The number of carbonyl (C=O) groups excluding carboxylic acids is 10. The van der Waals surface area contributed by atoms with Crippen molar-refractivity contribution >= 4 is 75.7 Å². The third-order valence-electron chi connectivity index (χ3n) is 13.8. The third-order valence-corrected chi connectivity index (χ3v) is 13.8. The Morgan fingerprint density at radius 3 is 1.95 bits per heavy atom. The Labute approximate surface area is 489 Å². The van der Waals surface area contributed by atoms with Crippen LogP contribution in [0.25, 0.3) is 10.9 Å². The number of hydrogen-bond donors (Lipinski definition) is 12. The number of nitrogens with zero attached hydrogens (tertiary/aromatic N) is 4. The topological polar surface area (TPSA) is 397 Å². The fourth-order valence-corrected chi connectivity index (χ4v) is 9.27. The molecule has 2 aromatic heterocycles. The summed E-state index contributed by atoms with van der Waals surface area (Å²) in [6.07, 6.45) is 2.50. The molecule has 0 bridgehead atoms. The van der Waals surface area contributed by atoms with E-state index in [0.29, 0.717) is 16.9 Å². The van der Waals surface area contributed by atoms with Gasteiger partial charge in [0.2, 0.25) is 53.2 Å². The summed E-state index contributed by atoms with van der Waals surface area (Å²) in [5.74, 6) is -8.32. The number of hydrogen-bond acceptors (Lipinski definition) is 13. The Morgan fingerprint density at radius 1 is 0.726 bits per heavy atom. The second-order valence-electron chi connectivity index (χ2n) is 23.2. The third kappa shape index (κ3) is 20.6. The number of imidazole rings is 1. The fourth-order valence-electron chi connectivity index (χ4n) is 9.27. The summed E-state index contributed by atoms with van der Waals surface area (Å²) in [5, 5.41) is 42.9. The Hall–Kier alpha value is -8.70. The van der Waals surface area contributed by atoms with Crippen molar-refractivity contribution in [1.82, 2.24) is 61.6 Å². The lowest BCUT2D eigenvalue weighted by Crippen LogP contribution is -2.59. The molecule has 8 atom stereocenters. The van der Waals surface area contributed by atoms with Crippen LogP contribution in [0, 0.1) is 29.1 Å². The second-order valence-corrected chi connectivity index (χ2v) is 23.2. The molecule has 2 heterocycles. The number of rotatable bonds is 32. The number of aromatic nitrogens is 3. The summed E-state index contributed by atoms with van der Waals surface area (Å²) in [5.41, 5.74) is 13.8. The van der Waals surface area contributed by atoms with Gasteiger partial charge in [-0.3, -0.25) is 52.4 Å².